The molecule has 0 unspecified atom stereocenters. The molecule has 20 heavy (non-hydrogen) atoms. The van der Waals surface area contributed by atoms with Gasteiger partial charge < -0.3 is 15.2 Å². The first-order chi connectivity index (χ1) is 9.52. The van der Waals surface area contributed by atoms with Gasteiger partial charge in [0.15, 0.2) is 0 Å². The van der Waals surface area contributed by atoms with Crippen LogP contribution in [0.2, 0.25) is 0 Å². The maximum atomic E-state index is 11.8. The van der Waals surface area contributed by atoms with Crippen LogP contribution in [0.4, 0.5) is 5.00 Å². The third kappa shape index (κ3) is 2.88. The summed E-state index contributed by atoms with van der Waals surface area (Å²) in [6.45, 7) is 0. The Balaban J connectivity index is 2.26. The fraction of sp³-hybridized carbons (Fsp3) is 0.308. The molecule has 0 saturated heterocycles. The molecule has 6 nitrogen and oxygen atoms in total. The van der Waals surface area contributed by atoms with Crippen LogP contribution in [0.1, 0.15) is 27.2 Å². The van der Waals surface area contributed by atoms with E-state index in [0.717, 1.165) is 41.9 Å². The standard InChI is InChI=1S/C13H13NO5S/c1-19-13(18)11-7-3-2-4-8(7)20-12(11)14-9(15)5-6-10(16)17/h5-6H,2-4H2,1H3,(H,14,15)(H,16,17). The minimum absolute atomic E-state index is 0.391. The number of ether oxygens (including phenoxy) is 1. The van der Waals surface area contributed by atoms with Crippen molar-refractivity contribution >= 4 is 34.2 Å². The molecule has 106 valence electrons. The van der Waals surface area contributed by atoms with Crippen LogP contribution in [0.3, 0.4) is 0 Å². The Labute approximate surface area is 119 Å². The molecule has 1 amide bonds. The summed E-state index contributed by atoms with van der Waals surface area (Å²) in [6.07, 6.45) is 4.31. The summed E-state index contributed by atoms with van der Waals surface area (Å²) in [6, 6.07) is 0. The lowest BCUT2D eigenvalue weighted by Crippen LogP contribution is -2.12. The highest BCUT2D eigenvalue weighted by Gasteiger charge is 2.27. The average Bonchev–Trinajstić information content (AvgIpc) is 2.95. The van der Waals surface area contributed by atoms with Gasteiger partial charge >= 0.3 is 11.9 Å². The predicted molar refractivity (Wildman–Crippen MR) is 73.1 cm³/mol. The molecule has 0 spiro atoms. The van der Waals surface area contributed by atoms with E-state index in [0.29, 0.717) is 10.6 Å². The van der Waals surface area contributed by atoms with Crippen molar-refractivity contribution in [3.8, 4) is 0 Å². The largest absolute Gasteiger partial charge is 0.478 e. The first kappa shape index (κ1) is 14.3. The van der Waals surface area contributed by atoms with Gasteiger partial charge in [-0.2, -0.15) is 0 Å². The van der Waals surface area contributed by atoms with Crippen LogP contribution in [0.5, 0.6) is 0 Å². The van der Waals surface area contributed by atoms with Gasteiger partial charge in [0.25, 0.3) is 0 Å². The van der Waals surface area contributed by atoms with E-state index in [9.17, 15) is 14.4 Å². The second-order valence-electron chi connectivity index (χ2n) is 4.21. The number of rotatable bonds is 4. The number of nitrogens with one attached hydrogen (secondary N) is 1. The molecular formula is C13H13NO5S. The third-order valence-corrected chi connectivity index (χ3v) is 4.13. The van der Waals surface area contributed by atoms with Crippen molar-refractivity contribution < 1.29 is 24.2 Å². The quantitative estimate of drug-likeness (QED) is 0.650. The van der Waals surface area contributed by atoms with Crippen molar-refractivity contribution in [1.29, 1.82) is 0 Å². The molecular weight excluding hydrogens is 282 g/mol. The minimum Gasteiger partial charge on any atom is -0.478 e. The van der Waals surface area contributed by atoms with Crippen molar-refractivity contribution in [3.05, 3.63) is 28.2 Å². The number of aliphatic carboxylic acids is 1. The summed E-state index contributed by atoms with van der Waals surface area (Å²) in [5, 5.41) is 11.4. The average molecular weight is 295 g/mol. The molecule has 1 aliphatic rings. The number of hydrogen-bond acceptors (Lipinski definition) is 5. The van der Waals surface area contributed by atoms with Gasteiger partial charge in [-0.25, -0.2) is 9.59 Å². The number of anilines is 1. The normalized spacial score (nSPS) is 13.2. The number of carbonyl (C=O) groups is 3. The predicted octanol–water partition coefficient (Wildman–Crippen LogP) is 1.60. The molecule has 1 heterocycles. The van der Waals surface area contributed by atoms with Gasteiger partial charge in [0.2, 0.25) is 5.91 Å². The van der Waals surface area contributed by atoms with Crippen molar-refractivity contribution in [2.24, 2.45) is 0 Å². The molecule has 0 aromatic carbocycles. The van der Waals surface area contributed by atoms with E-state index in [1.54, 1.807) is 0 Å². The number of methoxy groups -OCH3 is 1. The summed E-state index contributed by atoms with van der Waals surface area (Å²) in [7, 11) is 1.29. The van der Waals surface area contributed by atoms with E-state index in [1.807, 2.05) is 0 Å². The zero-order valence-electron chi connectivity index (χ0n) is 10.8. The Morgan fingerprint density at radius 1 is 1.30 bits per heavy atom. The number of carboxylic acid groups (broad SMARTS) is 1. The Bertz CT molecular complexity index is 602. The molecule has 0 atom stereocenters. The molecule has 7 heteroatoms. The number of amides is 1. The smallest absolute Gasteiger partial charge is 0.341 e. The second-order valence-corrected chi connectivity index (χ2v) is 5.32. The first-order valence-corrected chi connectivity index (χ1v) is 6.79. The Morgan fingerprint density at radius 3 is 2.70 bits per heavy atom. The van der Waals surface area contributed by atoms with Gasteiger partial charge in [-0.15, -0.1) is 11.3 Å². The highest BCUT2D eigenvalue weighted by molar-refractivity contribution is 7.17. The van der Waals surface area contributed by atoms with Crippen LogP contribution >= 0.6 is 11.3 Å². The topological polar surface area (TPSA) is 92.7 Å². The molecule has 1 aromatic rings. The van der Waals surface area contributed by atoms with Gasteiger partial charge in [0, 0.05) is 17.0 Å². The second kappa shape index (κ2) is 5.87. The molecule has 0 saturated carbocycles. The van der Waals surface area contributed by atoms with E-state index in [2.05, 4.69) is 5.32 Å². The Morgan fingerprint density at radius 2 is 2.05 bits per heavy atom. The van der Waals surface area contributed by atoms with Crippen LogP contribution in [-0.4, -0.2) is 30.1 Å². The SMILES string of the molecule is COC(=O)c1c(NC(=O)C=CC(=O)O)sc2c1CCC2. The number of fused-ring (bicyclic) bond motifs is 1. The molecule has 2 rings (SSSR count). The highest BCUT2D eigenvalue weighted by atomic mass is 32.1. The first-order valence-electron chi connectivity index (χ1n) is 5.97. The maximum absolute atomic E-state index is 11.8. The summed E-state index contributed by atoms with van der Waals surface area (Å²) in [5.74, 6) is -2.28. The maximum Gasteiger partial charge on any atom is 0.341 e. The highest BCUT2D eigenvalue weighted by Crippen LogP contribution is 2.39. The van der Waals surface area contributed by atoms with E-state index in [1.165, 1.54) is 18.4 Å². The van der Waals surface area contributed by atoms with Gasteiger partial charge in [-0.05, 0) is 24.8 Å². The van der Waals surface area contributed by atoms with Gasteiger partial charge in [0.1, 0.15) is 5.00 Å². The lowest BCUT2D eigenvalue weighted by Gasteiger charge is -2.04. The number of carbonyl (C=O) groups excluding carboxylic acids is 2. The number of carboxylic acids is 1. The monoisotopic (exact) mass is 295 g/mol. The van der Waals surface area contributed by atoms with Crippen LogP contribution < -0.4 is 5.32 Å². The number of aryl methyl sites for hydroxylation is 1. The number of thiophene rings is 1. The van der Waals surface area contributed by atoms with Crippen molar-refractivity contribution in [2.45, 2.75) is 19.3 Å². The number of hydrogen-bond donors (Lipinski definition) is 2. The zero-order valence-corrected chi connectivity index (χ0v) is 11.6. The van der Waals surface area contributed by atoms with Crippen LogP contribution in [0.15, 0.2) is 12.2 Å². The molecule has 0 aliphatic heterocycles. The van der Waals surface area contributed by atoms with E-state index >= 15 is 0 Å². The molecule has 1 aromatic heterocycles. The number of esters is 1. The molecule has 1 aliphatic carbocycles. The van der Waals surface area contributed by atoms with Gasteiger partial charge in [-0.3, -0.25) is 4.79 Å². The minimum atomic E-state index is -1.21. The van der Waals surface area contributed by atoms with Crippen LogP contribution in [0, 0.1) is 0 Å². The van der Waals surface area contributed by atoms with Crippen molar-refractivity contribution in [2.75, 3.05) is 12.4 Å². The zero-order chi connectivity index (χ0) is 14.7. The van der Waals surface area contributed by atoms with Crippen LogP contribution in [0.25, 0.3) is 0 Å². The summed E-state index contributed by atoms with van der Waals surface area (Å²) >= 11 is 1.34. The summed E-state index contributed by atoms with van der Waals surface area (Å²) < 4.78 is 4.74. The van der Waals surface area contributed by atoms with Gasteiger partial charge in [-0.1, -0.05) is 0 Å². The Kier molecular flexibility index (Phi) is 4.19. The fourth-order valence-corrected chi connectivity index (χ4v) is 3.39. The molecule has 2 N–H and O–H groups in total. The lowest BCUT2D eigenvalue weighted by atomic mass is 10.1. The Hall–Kier alpha value is -2.15. The lowest BCUT2D eigenvalue weighted by molar-refractivity contribution is -0.131. The van der Waals surface area contributed by atoms with Crippen molar-refractivity contribution in [3.63, 3.8) is 0 Å². The van der Waals surface area contributed by atoms with Gasteiger partial charge in [0.05, 0.1) is 12.7 Å². The fourth-order valence-electron chi connectivity index (χ4n) is 2.11. The molecule has 0 radical (unpaired) electrons. The van der Waals surface area contributed by atoms with Crippen molar-refractivity contribution in [1.82, 2.24) is 0 Å². The van der Waals surface area contributed by atoms with E-state index in [4.69, 9.17) is 9.84 Å². The molecule has 0 fully saturated rings. The van der Waals surface area contributed by atoms with E-state index in [-0.39, 0.29) is 0 Å². The van der Waals surface area contributed by atoms with E-state index < -0.39 is 17.8 Å². The summed E-state index contributed by atoms with van der Waals surface area (Å²) in [5.41, 5.74) is 1.32. The van der Waals surface area contributed by atoms with Crippen LogP contribution in [-0.2, 0) is 27.2 Å². The summed E-state index contributed by atoms with van der Waals surface area (Å²) in [4.78, 5) is 34.8. The molecule has 0 bridgehead atoms. The third-order valence-electron chi connectivity index (χ3n) is 2.92.